The summed E-state index contributed by atoms with van der Waals surface area (Å²) >= 11 is 0. The maximum Gasteiger partial charge on any atom is 0.326 e. The van der Waals surface area contributed by atoms with E-state index >= 15 is 0 Å². The van der Waals surface area contributed by atoms with Gasteiger partial charge in [-0.15, -0.1) is 0 Å². The molecule has 0 aliphatic carbocycles. The number of anilines is 1. The Kier molecular flexibility index (Phi) is 7.11. The highest BCUT2D eigenvalue weighted by Crippen LogP contribution is 2.16. The van der Waals surface area contributed by atoms with Gasteiger partial charge in [-0.1, -0.05) is 44.0 Å². The van der Waals surface area contributed by atoms with Gasteiger partial charge in [0.05, 0.1) is 0 Å². The van der Waals surface area contributed by atoms with Gasteiger partial charge in [-0.2, -0.15) is 0 Å². The quantitative estimate of drug-likeness (QED) is 0.748. The minimum atomic E-state index is -1.06. The number of hydrogen-bond acceptors (Lipinski definition) is 3. The van der Waals surface area contributed by atoms with Crippen molar-refractivity contribution in [2.24, 2.45) is 0 Å². The van der Waals surface area contributed by atoms with Gasteiger partial charge in [0.1, 0.15) is 6.04 Å². The van der Waals surface area contributed by atoms with E-state index in [2.05, 4.69) is 5.32 Å². The monoisotopic (exact) mass is 368 g/mol. The maximum absolute atomic E-state index is 12.7. The molecule has 2 amide bonds. The third-order valence-electron chi connectivity index (χ3n) is 4.27. The topological polar surface area (TPSA) is 86.7 Å². The number of nitrogens with zero attached hydrogens (tertiary/aromatic N) is 1. The molecule has 2 rings (SSSR count). The lowest BCUT2D eigenvalue weighted by molar-refractivity contribution is -0.139. The predicted octanol–water partition coefficient (Wildman–Crippen LogP) is 3.34. The summed E-state index contributed by atoms with van der Waals surface area (Å²) in [7, 11) is 1.66. The highest BCUT2D eigenvalue weighted by molar-refractivity contribution is 6.07. The molecule has 0 fully saturated rings. The number of nitrogens with one attached hydrogen (secondary N) is 1. The number of amides is 2. The lowest BCUT2D eigenvalue weighted by Crippen LogP contribution is -2.40. The number of carboxylic acid groups (broad SMARTS) is 1. The van der Waals surface area contributed by atoms with Gasteiger partial charge in [-0.3, -0.25) is 9.59 Å². The Morgan fingerprint density at radius 2 is 1.70 bits per heavy atom. The van der Waals surface area contributed by atoms with Gasteiger partial charge in [0.2, 0.25) is 0 Å². The van der Waals surface area contributed by atoms with Crippen molar-refractivity contribution in [2.45, 2.75) is 32.2 Å². The summed E-state index contributed by atoms with van der Waals surface area (Å²) in [6.45, 7) is 1.96. The highest BCUT2D eigenvalue weighted by atomic mass is 16.4. The van der Waals surface area contributed by atoms with E-state index in [0.717, 1.165) is 12.1 Å². The Morgan fingerprint density at radius 3 is 2.33 bits per heavy atom. The fourth-order valence-electron chi connectivity index (χ4n) is 2.66. The fraction of sp³-hybridized carbons (Fsp3) is 0.286. The van der Waals surface area contributed by atoms with Crippen LogP contribution < -0.4 is 10.2 Å². The van der Waals surface area contributed by atoms with Crippen LogP contribution in [0.25, 0.3) is 0 Å². The first-order valence-corrected chi connectivity index (χ1v) is 8.91. The van der Waals surface area contributed by atoms with Crippen molar-refractivity contribution in [1.29, 1.82) is 0 Å². The third-order valence-corrected chi connectivity index (χ3v) is 4.27. The molecule has 1 atom stereocenters. The summed E-state index contributed by atoms with van der Waals surface area (Å²) in [5.41, 5.74) is 1.35. The van der Waals surface area contributed by atoms with Gasteiger partial charge >= 0.3 is 5.97 Å². The highest BCUT2D eigenvalue weighted by Gasteiger charge is 2.21. The van der Waals surface area contributed by atoms with Crippen LogP contribution in [0, 0.1) is 0 Å². The van der Waals surface area contributed by atoms with Gasteiger partial charge < -0.3 is 15.3 Å². The summed E-state index contributed by atoms with van der Waals surface area (Å²) in [5.74, 6) is -1.82. The molecule has 1 unspecified atom stereocenters. The number of benzene rings is 2. The van der Waals surface area contributed by atoms with Gasteiger partial charge in [0.15, 0.2) is 0 Å². The second kappa shape index (κ2) is 9.52. The van der Waals surface area contributed by atoms with E-state index in [1.807, 2.05) is 37.3 Å². The minimum absolute atomic E-state index is 0.253. The molecule has 0 spiro atoms. The molecule has 2 aromatic rings. The Bertz CT molecular complexity index is 805. The van der Waals surface area contributed by atoms with Crippen LogP contribution in [0.1, 0.15) is 46.9 Å². The van der Waals surface area contributed by atoms with Gasteiger partial charge in [0.25, 0.3) is 11.8 Å². The molecule has 0 saturated heterocycles. The first kappa shape index (κ1) is 20.2. The predicted molar refractivity (Wildman–Crippen MR) is 104 cm³/mol. The number of carbonyl (C=O) groups is 3. The molecule has 2 N–H and O–H groups in total. The first-order chi connectivity index (χ1) is 12.9. The second-order valence-electron chi connectivity index (χ2n) is 6.29. The standard InChI is InChI=1S/C21H24N2O4/c1-3-4-13-18(21(26)27)22-19(24)15-9-8-10-16(14-15)20(25)23(2)17-11-6-5-7-12-17/h5-12,14,18H,3-4,13H2,1-2H3,(H,22,24)(H,26,27). The van der Waals surface area contributed by atoms with Crippen LogP contribution in [0.4, 0.5) is 5.69 Å². The van der Waals surface area contributed by atoms with Crippen molar-refractivity contribution in [3.05, 3.63) is 65.7 Å². The lowest BCUT2D eigenvalue weighted by atomic mass is 10.1. The fourth-order valence-corrected chi connectivity index (χ4v) is 2.66. The largest absolute Gasteiger partial charge is 0.480 e. The molecule has 0 bridgehead atoms. The van der Waals surface area contributed by atoms with Gasteiger partial charge in [0, 0.05) is 23.9 Å². The van der Waals surface area contributed by atoms with Crippen LogP contribution in [0.15, 0.2) is 54.6 Å². The Labute approximate surface area is 158 Å². The summed E-state index contributed by atoms with van der Waals surface area (Å²) in [5, 5.41) is 11.8. The zero-order valence-electron chi connectivity index (χ0n) is 15.5. The molecule has 27 heavy (non-hydrogen) atoms. The SMILES string of the molecule is CCCCC(NC(=O)c1cccc(C(=O)N(C)c2ccccc2)c1)C(=O)O. The number of hydrogen-bond donors (Lipinski definition) is 2. The summed E-state index contributed by atoms with van der Waals surface area (Å²) in [6.07, 6.45) is 1.92. The van der Waals surface area contributed by atoms with Crippen molar-refractivity contribution in [1.82, 2.24) is 5.32 Å². The number of rotatable bonds is 8. The van der Waals surface area contributed by atoms with Gasteiger partial charge in [-0.25, -0.2) is 4.79 Å². The van der Waals surface area contributed by atoms with E-state index in [4.69, 9.17) is 0 Å². The minimum Gasteiger partial charge on any atom is -0.480 e. The number of aliphatic carboxylic acids is 1. The number of unbranched alkanes of at least 4 members (excludes halogenated alkanes) is 1. The zero-order chi connectivity index (χ0) is 19.8. The number of carbonyl (C=O) groups excluding carboxylic acids is 2. The molecular formula is C21H24N2O4. The van der Waals surface area contributed by atoms with Crippen molar-refractivity contribution >= 4 is 23.5 Å². The molecule has 2 aromatic carbocycles. The van der Waals surface area contributed by atoms with Crippen molar-refractivity contribution in [3.8, 4) is 0 Å². The maximum atomic E-state index is 12.7. The van der Waals surface area contributed by atoms with Gasteiger partial charge in [-0.05, 0) is 36.8 Å². The zero-order valence-corrected chi connectivity index (χ0v) is 15.5. The van der Waals surface area contributed by atoms with E-state index in [-0.39, 0.29) is 11.5 Å². The molecule has 6 nitrogen and oxygen atoms in total. The Morgan fingerprint density at radius 1 is 1.04 bits per heavy atom. The average molecular weight is 368 g/mol. The lowest BCUT2D eigenvalue weighted by Gasteiger charge is -2.18. The Balaban J connectivity index is 2.15. The second-order valence-corrected chi connectivity index (χ2v) is 6.29. The molecule has 0 heterocycles. The molecule has 6 heteroatoms. The van der Waals surface area contributed by atoms with Crippen LogP contribution in [0.2, 0.25) is 0 Å². The Hall–Kier alpha value is -3.15. The first-order valence-electron chi connectivity index (χ1n) is 8.91. The normalized spacial score (nSPS) is 11.5. The third kappa shape index (κ3) is 5.41. The van der Waals surface area contributed by atoms with E-state index in [9.17, 15) is 19.5 Å². The number of carboxylic acids is 1. The van der Waals surface area contributed by atoms with E-state index in [0.29, 0.717) is 18.4 Å². The molecule has 0 radical (unpaired) electrons. The summed E-state index contributed by atoms with van der Waals surface area (Å²) < 4.78 is 0. The number of para-hydroxylation sites is 1. The average Bonchev–Trinajstić information content (AvgIpc) is 2.70. The smallest absolute Gasteiger partial charge is 0.326 e. The molecule has 0 saturated carbocycles. The van der Waals surface area contributed by atoms with Crippen LogP contribution in [-0.4, -0.2) is 36.0 Å². The van der Waals surface area contributed by atoms with E-state index in [1.165, 1.54) is 11.0 Å². The molecule has 0 aromatic heterocycles. The van der Waals surface area contributed by atoms with E-state index < -0.39 is 17.9 Å². The van der Waals surface area contributed by atoms with Crippen LogP contribution >= 0.6 is 0 Å². The van der Waals surface area contributed by atoms with Crippen LogP contribution in [0.3, 0.4) is 0 Å². The van der Waals surface area contributed by atoms with Crippen molar-refractivity contribution < 1.29 is 19.5 Å². The van der Waals surface area contributed by atoms with Crippen LogP contribution in [-0.2, 0) is 4.79 Å². The summed E-state index contributed by atoms with van der Waals surface area (Å²) in [4.78, 5) is 37.9. The molecule has 142 valence electrons. The molecule has 0 aliphatic heterocycles. The summed E-state index contributed by atoms with van der Waals surface area (Å²) in [6, 6.07) is 14.5. The van der Waals surface area contributed by atoms with E-state index in [1.54, 1.807) is 25.2 Å². The molecular weight excluding hydrogens is 344 g/mol. The molecule has 0 aliphatic rings. The van der Waals surface area contributed by atoms with Crippen molar-refractivity contribution in [2.75, 3.05) is 11.9 Å². The van der Waals surface area contributed by atoms with Crippen LogP contribution in [0.5, 0.6) is 0 Å². The van der Waals surface area contributed by atoms with Crippen molar-refractivity contribution in [3.63, 3.8) is 0 Å².